The van der Waals surface area contributed by atoms with Crippen LogP contribution in [0, 0.1) is 5.82 Å². The van der Waals surface area contributed by atoms with Gasteiger partial charge >= 0.3 is 0 Å². The van der Waals surface area contributed by atoms with Gasteiger partial charge in [-0.1, -0.05) is 0 Å². The molecule has 1 nitrogen and oxygen atoms in total. The van der Waals surface area contributed by atoms with Crippen molar-refractivity contribution in [1.29, 1.82) is 0 Å². The van der Waals surface area contributed by atoms with Crippen molar-refractivity contribution >= 4 is 27.7 Å². The van der Waals surface area contributed by atoms with E-state index in [1.165, 1.54) is 11.8 Å². The second kappa shape index (κ2) is 4.86. The summed E-state index contributed by atoms with van der Waals surface area (Å²) < 4.78 is 19.1. The van der Waals surface area contributed by atoms with Crippen LogP contribution in [0.15, 0.2) is 21.5 Å². The fourth-order valence-corrected chi connectivity index (χ4v) is 2.02. The summed E-state index contributed by atoms with van der Waals surface area (Å²) in [6.07, 6.45) is 1.84. The van der Waals surface area contributed by atoms with Crippen LogP contribution in [0.2, 0.25) is 0 Å². The van der Waals surface area contributed by atoms with Crippen LogP contribution in [0.25, 0.3) is 0 Å². The first-order valence-electron chi connectivity index (χ1n) is 3.85. The van der Waals surface area contributed by atoms with Gasteiger partial charge in [0.25, 0.3) is 0 Å². The lowest BCUT2D eigenvalue weighted by Crippen LogP contribution is -1.94. The molecule has 0 bridgehead atoms. The third kappa shape index (κ3) is 2.38. The first kappa shape index (κ1) is 10.9. The van der Waals surface area contributed by atoms with Crippen molar-refractivity contribution < 1.29 is 9.13 Å². The maximum absolute atomic E-state index is 13.4. The summed E-state index contributed by atoms with van der Waals surface area (Å²) in [4.78, 5) is 0.621. The molecule has 13 heavy (non-hydrogen) atoms. The van der Waals surface area contributed by atoms with Crippen LogP contribution in [0.4, 0.5) is 4.39 Å². The van der Waals surface area contributed by atoms with Gasteiger partial charge in [0.15, 0.2) is 5.82 Å². The third-order valence-corrected chi connectivity index (χ3v) is 3.03. The smallest absolute Gasteiger partial charge is 0.154 e. The van der Waals surface area contributed by atoms with Crippen LogP contribution < -0.4 is 4.74 Å². The molecule has 0 unspecified atom stereocenters. The molecule has 0 aliphatic carbocycles. The second-order valence-corrected chi connectivity index (χ2v) is 3.97. The number of hydrogen-bond acceptors (Lipinski definition) is 2. The maximum Gasteiger partial charge on any atom is 0.154 e. The minimum atomic E-state index is -0.251. The Labute approximate surface area is 89.8 Å². The number of hydrogen-bond donors (Lipinski definition) is 0. The van der Waals surface area contributed by atoms with Gasteiger partial charge in [-0.15, -0.1) is 11.8 Å². The average molecular weight is 265 g/mol. The maximum atomic E-state index is 13.4. The molecule has 0 radical (unpaired) electrons. The average Bonchev–Trinajstić information content (AvgIpc) is 2.14. The third-order valence-electron chi connectivity index (χ3n) is 1.53. The highest BCUT2D eigenvalue weighted by Crippen LogP contribution is 2.33. The van der Waals surface area contributed by atoms with E-state index in [1.54, 1.807) is 12.1 Å². The van der Waals surface area contributed by atoms with Crippen molar-refractivity contribution in [3.05, 3.63) is 22.4 Å². The van der Waals surface area contributed by atoms with E-state index in [0.717, 1.165) is 0 Å². The molecule has 72 valence electrons. The number of halogens is 2. The summed E-state index contributed by atoms with van der Waals surface area (Å²) in [5.74, 6) is 0.302. The SMILES string of the molecule is CCOc1ccc(SC)c(F)c1Br. The lowest BCUT2D eigenvalue weighted by atomic mass is 10.3. The van der Waals surface area contributed by atoms with E-state index in [4.69, 9.17) is 4.74 Å². The van der Waals surface area contributed by atoms with Gasteiger partial charge in [0, 0.05) is 4.90 Å². The molecular weight excluding hydrogens is 255 g/mol. The Balaban J connectivity index is 3.07. The van der Waals surface area contributed by atoms with Crippen molar-refractivity contribution in [2.45, 2.75) is 11.8 Å². The van der Waals surface area contributed by atoms with Gasteiger partial charge in [0.1, 0.15) is 5.75 Å². The molecule has 1 aromatic rings. The molecule has 0 fully saturated rings. The van der Waals surface area contributed by atoms with Gasteiger partial charge in [-0.05, 0) is 41.2 Å². The van der Waals surface area contributed by atoms with E-state index in [9.17, 15) is 4.39 Å². The highest BCUT2D eigenvalue weighted by molar-refractivity contribution is 9.10. The van der Waals surface area contributed by atoms with Crippen LogP contribution >= 0.6 is 27.7 Å². The topological polar surface area (TPSA) is 9.23 Å². The number of thioether (sulfide) groups is 1. The monoisotopic (exact) mass is 264 g/mol. The van der Waals surface area contributed by atoms with Crippen LogP contribution in [-0.4, -0.2) is 12.9 Å². The molecule has 0 aromatic heterocycles. The molecule has 0 N–H and O–H groups in total. The summed E-state index contributed by atoms with van der Waals surface area (Å²) in [6, 6.07) is 3.48. The van der Waals surface area contributed by atoms with Crippen molar-refractivity contribution in [1.82, 2.24) is 0 Å². The summed E-state index contributed by atoms with van der Waals surface area (Å²) in [6.45, 7) is 2.41. The molecule has 0 aliphatic rings. The van der Waals surface area contributed by atoms with Crippen molar-refractivity contribution in [2.75, 3.05) is 12.9 Å². The molecule has 0 heterocycles. The quantitative estimate of drug-likeness (QED) is 0.770. The van der Waals surface area contributed by atoms with Gasteiger partial charge in [0.05, 0.1) is 11.1 Å². The Morgan fingerprint density at radius 1 is 1.54 bits per heavy atom. The standard InChI is InChI=1S/C9H10BrFOS/c1-3-12-6-4-5-7(13-2)9(11)8(6)10/h4-5H,3H2,1-2H3. The number of ether oxygens (including phenoxy) is 1. The predicted octanol–water partition coefficient (Wildman–Crippen LogP) is 3.71. The van der Waals surface area contributed by atoms with E-state index in [-0.39, 0.29) is 5.82 Å². The van der Waals surface area contributed by atoms with Crippen LogP contribution in [0.5, 0.6) is 5.75 Å². The normalized spacial score (nSPS) is 10.2. The Morgan fingerprint density at radius 2 is 2.23 bits per heavy atom. The van der Waals surface area contributed by atoms with Crippen molar-refractivity contribution in [2.24, 2.45) is 0 Å². The zero-order valence-electron chi connectivity index (χ0n) is 7.43. The fourth-order valence-electron chi connectivity index (χ4n) is 0.939. The summed E-state index contributed by atoms with van der Waals surface area (Å²) in [5, 5.41) is 0. The van der Waals surface area contributed by atoms with Crippen LogP contribution in [0.3, 0.4) is 0 Å². The Kier molecular flexibility index (Phi) is 4.06. The Hall–Kier alpha value is -0.220. The fraction of sp³-hybridized carbons (Fsp3) is 0.333. The zero-order chi connectivity index (χ0) is 9.84. The van der Waals surface area contributed by atoms with Crippen LogP contribution in [0.1, 0.15) is 6.92 Å². The van der Waals surface area contributed by atoms with E-state index in [1.807, 2.05) is 13.2 Å². The van der Waals surface area contributed by atoms with Gasteiger partial charge in [-0.2, -0.15) is 0 Å². The van der Waals surface area contributed by atoms with E-state index < -0.39 is 0 Å². The molecule has 0 saturated carbocycles. The molecule has 1 aromatic carbocycles. The number of rotatable bonds is 3. The first-order valence-corrected chi connectivity index (χ1v) is 5.87. The Bertz CT molecular complexity index is 304. The number of benzene rings is 1. The first-order chi connectivity index (χ1) is 6.20. The predicted molar refractivity (Wildman–Crippen MR) is 57.1 cm³/mol. The van der Waals surface area contributed by atoms with Gasteiger partial charge in [-0.25, -0.2) is 4.39 Å². The molecule has 0 aliphatic heterocycles. The van der Waals surface area contributed by atoms with Gasteiger partial charge in [-0.3, -0.25) is 0 Å². The lowest BCUT2D eigenvalue weighted by Gasteiger charge is -2.08. The molecule has 0 amide bonds. The largest absolute Gasteiger partial charge is 0.493 e. The van der Waals surface area contributed by atoms with Gasteiger partial charge < -0.3 is 4.74 Å². The van der Waals surface area contributed by atoms with Crippen molar-refractivity contribution in [3.63, 3.8) is 0 Å². The highest BCUT2D eigenvalue weighted by atomic mass is 79.9. The minimum absolute atomic E-state index is 0.251. The van der Waals surface area contributed by atoms with Crippen molar-refractivity contribution in [3.8, 4) is 5.75 Å². The highest BCUT2D eigenvalue weighted by Gasteiger charge is 2.10. The molecule has 0 saturated heterocycles. The lowest BCUT2D eigenvalue weighted by molar-refractivity contribution is 0.335. The Morgan fingerprint density at radius 3 is 2.77 bits per heavy atom. The molecule has 4 heteroatoms. The van der Waals surface area contributed by atoms with E-state index in [0.29, 0.717) is 21.7 Å². The summed E-state index contributed by atoms with van der Waals surface area (Å²) in [7, 11) is 0. The molecule has 0 atom stereocenters. The molecule has 1 rings (SSSR count). The van der Waals surface area contributed by atoms with Crippen LogP contribution in [-0.2, 0) is 0 Å². The summed E-state index contributed by atoms with van der Waals surface area (Å²) in [5.41, 5.74) is 0. The molecular formula is C9H10BrFOS. The molecule has 0 spiro atoms. The zero-order valence-corrected chi connectivity index (χ0v) is 9.84. The van der Waals surface area contributed by atoms with Gasteiger partial charge in [0.2, 0.25) is 0 Å². The van der Waals surface area contributed by atoms with E-state index >= 15 is 0 Å². The minimum Gasteiger partial charge on any atom is -0.493 e. The van der Waals surface area contributed by atoms with E-state index in [2.05, 4.69) is 15.9 Å². The second-order valence-electron chi connectivity index (χ2n) is 2.33. The summed E-state index contributed by atoms with van der Waals surface area (Å²) >= 11 is 4.54.